The first kappa shape index (κ1) is 11.9. The van der Waals surface area contributed by atoms with Crippen molar-refractivity contribution >= 4 is 21.6 Å². The summed E-state index contributed by atoms with van der Waals surface area (Å²) in [5, 5.41) is 3.60. The standard InChI is InChI=1S/C13H19BrN2/c1-9-3-6-11(14)12(7-9)16-13(2,8-15)10-4-5-10/h3,6-7,10,16H,4-5,8,15H2,1-2H3. The number of nitrogens with one attached hydrogen (secondary N) is 1. The molecule has 1 atom stereocenters. The molecular formula is C13H19BrN2. The molecule has 3 N–H and O–H groups in total. The van der Waals surface area contributed by atoms with Gasteiger partial charge >= 0.3 is 0 Å². The summed E-state index contributed by atoms with van der Waals surface area (Å²) >= 11 is 3.58. The first-order valence-corrected chi connectivity index (χ1v) is 6.59. The van der Waals surface area contributed by atoms with Gasteiger partial charge < -0.3 is 11.1 Å². The van der Waals surface area contributed by atoms with Crippen LogP contribution < -0.4 is 11.1 Å². The fraction of sp³-hybridized carbons (Fsp3) is 0.538. The molecule has 0 aliphatic heterocycles. The molecule has 0 spiro atoms. The molecule has 2 rings (SSSR count). The van der Waals surface area contributed by atoms with Gasteiger partial charge in [0.15, 0.2) is 0 Å². The highest BCUT2D eigenvalue weighted by molar-refractivity contribution is 9.10. The Morgan fingerprint density at radius 1 is 1.50 bits per heavy atom. The van der Waals surface area contributed by atoms with Crippen LogP contribution in [0, 0.1) is 12.8 Å². The van der Waals surface area contributed by atoms with E-state index in [0.29, 0.717) is 6.54 Å². The number of halogens is 1. The number of nitrogens with two attached hydrogens (primary N) is 1. The fourth-order valence-electron chi connectivity index (χ4n) is 2.08. The predicted molar refractivity (Wildman–Crippen MR) is 72.7 cm³/mol. The summed E-state index contributed by atoms with van der Waals surface area (Å²) in [6.45, 7) is 5.01. The van der Waals surface area contributed by atoms with Crippen molar-refractivity contribution in [1.82, 2.24) is 0 Å². The third-order valence-electron chi connectivity index (χ3n) is 3.44. The van der Waals surface area contributed by atoms with Crippen molar-refractivity contribution in [2.45, 2.75) is 32.2 Å². The van der Waals surface area contributed by atoms with Crippen molar-refractivity contribution in [2.75, 3.05) is 11.9 Å². The lowest BCUT2D eigenvalue weighted by atomic mass is 9.95. The van der Waals surface area contributed by atoms with Crippen LogP contribution in [-0.2, 0) is 0 Å². The molecule has 2 nitrogen and oxygen atoms in total. The molecular weight excluding hydrogens is 264 g/mol. The van der Waals surface area contributed by atoms with Crippen LogP contribution >= 0.6 is 15.9 Å². The Kier molecular flexibility index (Phi) is 3.27. The van der Waals surface area contributed by atoms with Gasteiger partial charge in [-0.2, -0.15) is 0 Å². The molecule has 1 aliphatic rings. The molecule has 0 saturated heterocycles. The molecule has 1 aromatic carbocycles. The lowest BCUT2D eigenvalue weighted by Gasteiger charge is -2.31. The molecule has 1 fully saturated rings. The molecule has 1 saturated carbocycles. The van der Waals surface area contributed by atoms with Gasteiger partial charge in [0.25, 0.3) is 0 Å². The molecule has 1 aliphatic carbocycles. The molecule has 0 aromatic heterocycles. The number of rotatable bonds is 4. The zero-order valence-electron chi connectivity index (χ0n) is 9.89. The second kappa shape index (κ2) is 4.38. The second-order valence-corrected chi connectivity index (χ2v) is 5.86. The Hall–Kier alpha value is -0.540. The molecule has 3 heteroatoms. The van der Waals surface area contributed by atoms with E-state index in [1.54, 1.807) is 0 Å². The average Bonchev–Trinajstić information content (AvgIpc) is 3.07. The SMILES string of the molecule is Cc1ccc(Br)c(NC(C)(CN)C2CC2)c1. The first-order valence-electron chi connectivity index (χ1n) is 5.79. The van der Waals surface area contributed by atoms with Gasteiger partial charge in [-0.3, -0.25) is 0 Å². The van der Waals surface area contributed by atoms with Gasteiger partial charge in [0, 0.05) is 22.2 Å². The van der Waals surface area contributed by atoms with Gasteiger partial charge in [-0.05, 0) is 66.2 Å². The molecule has 0 amide bonds. The quantitative estimate of drug-likeness (QED) is 0.889. The Balaban J connectivity index is 2.21. The lowest BCUT2D eigenvalue weighted by Crippen LogP contribution is -2.44. The minimum Gasteiger partial charge on any atom is -0.377 e. The summed E-state index contributed by atoms with van der Waals surface area (Å²) < 4.78 is 1.11. The maximum atomic E-state index is 5.91. The summed E-state index contributed by atoms with van der Waals surface area (Å²) in [6, 6.07) is 6.36. The smallest absolute Gasteiger partial charge is 0.0496 e. The summed E-state index contributed by atoms with van der Waals surface area (Å²) in [7, 11) is 0. The van der Waals surface area contributed by atoms with Gasteiger partial charge in [0.2, 0.25) is 0 Å². The van der Waals surface area contributed by atoms with Gasteiger partial charge in [-0.15, -0.1) is 0 Å². The highest BCUT2D eigenvalue weighted by Gasteiger charge is 2.40. The van der Waals surface area contributed by atoms with Crippen LogP contribution in [0.1, 0.15) is 25.3 Å². The maximum absolute atomic E-state index is 5.91. The first-order chi connectivity index (χ1) is 7.55. The van der Waals surface area contributed by atoms with Crippen molar-refractivity contribution in [2.24, 2.45) is 11.7 Å². The van der Waals surface area contributed by atoms with Gasteiger partial charge in [0.05, 0.1) is 0 Å². The van der Waals surface area contributed by atoms with E-state index >= 15 is 0 Å². The summed E-state index contributed by atoms with van der Waals surface area (Å²) in [4.78, 5) is 0. The monoisotopic (exact) mass is 282 g/mol. The van der Waals surface area contributed by atoms with E-state index in [-0.39, 0.29) is 5.54 Å². The third-order valence-corrected chi connectivity index (χ3v) is 4.14. The van der Waals surface area contributed by atoms with Crippen LogP contribution in [0.3, 0.4) is 0 Å². The third kappa shape index (κ3) is 2.41. The summed E-state index contributed by atoms with van der Waals surface area (Å²) in [6.07, 6.45) is 2.59. The van der Waals surface area contributed by atoms with E-state index in [1.165, 1.54) is 18.4 Å². The molecule has 0 radical (unpaired) electrons. The van der Waals surface area contributed by atoms with Crippen molar-refractivity contribution in [1.29, 1.82) is 0 Å². The molecule has 0 heterocycles. The molecule has 88 valence electrons. The van der Waals surface area contributed by atoms with E-state index in [4.69, 9.17) is 5.73 Å². The number of aryl methyl sites for hydroxylation is 1. The highest BCUT2D eigenvalue weighted by atomic mass is 79.9. The number of benzene rings is 1. The molecule has 0 bridgehead atoms. The molecule has 16 heavy (non-hydrogen) atoms. The van der Waals surface area contributed by atoms with E-state index in [2.05, 4.69) is 53.3 Å². The summed E-state index contributed by atoms with van der Waals surface area (Å²) in [5.74, 6) is 0.727. The number of hydrogen-bond acceptors (Lipinski definition) is 2. The zero-order valence-corrected chi connectivity index (χ0v) is 11.5. The van der Waals surface area contributed by atoms with Crippen LogP contribution in [0.5, 0.6) is 0 Å². The molecule has 1 unspecified atom stereocenters. The van der Waals surface area contributed by atoms with Gasteiger partial charge in [-0.1, -0.05) is 6.07 Å². The van der Waals surface area contributed by atoms with Crippen molar-refractivity contribution in [3.63, 3.8) is 0 Å². The Bertz CT molecular complexity index is 388. The van der Waals surface area contributed by atoms with Crippen LogP contribution in [0.25, 0.3) is 0 Å². The Labute approximate surface area is 106 Å². The lowest BCUT2D eigenvalue weighted by molar-refractivity contribution is 0.459. The molecule has 1 aromatic rings. The van der Waals surface area contributed by atoms with Gasteiger partial charge in [-0.25, -0.2) is 0 Å². The normalized spacial score (nSPS) is 19.2. The van der Waals surface area contributed by atoms with E-state index < -0.39 is 0 Å². The average molecular weight is 283 g/mol. The van der Waals surface area contributed by atoms with Crippen molar-refractivity contribution in [3.05, 3.63) is 28.2 Å². The maximum Gasteiger partial charge on any atom is 0.0496 e. The highest BCUT2D eigenvalue weighted by Crippen LogP contribution is 2.41. The zero-order chi connectivity index (χ0) is 11.8. The van der Waals surface area contributed by atoms with Crippen LogP contribution in [0.2, 0.25) is 0 Å². The van der Waals surface area contributed by atoms with E-state index in [1.807, 2.05) is 0 Å². The minimum atomic E-state index is 0.0380. The van der Waals surface area contributed by atoms with Crippen LogP contribution in [0.4, 0.5) is 5.69 Å². The number of hydrogen-bond donors (Lipinski definition) is 2. The summed E-state index contributed by atoms with van der Waals surface area (Å²) in [5.41, 5.74) is 8.36. The van der Waals surface area contributed by atoms with E-state index in [9.17, 15) is 0 Å². The fourth-order valence-corrected chi connectivity index (χ4v) is 2.43. The minimum absolute atomic E-state index is 0.0380. The van der Waals surface area contributed by atoms with E-state index in [0.717, 1.165) is 16.1 Å². The number of anilines is 1. The Morgan fingerprint density at radius 3 is 2.75 bits per heavy atom. The predicted octanol–water partition coefficient (Wildman–Crippen LogP) is 3.30. The van der Waals surface area contributed by atoms with Crippen LogP contribution in [-0.4, -0.2) is 12.1 Å². The largest absolute Gasteiger partial charge is 0.377 e. The van der Waals surface area contributed by atoms with Crippen LogP contribution in [0.15, 0.2) is 22.7 Å². The van der Waals surface area contributed by atoms with Crippen molar-refractivity contribution in [3.8, 4) is 0 Å². The van der Waals surface area contributed by atoms with Crippen molar-refractivity contribution < 1.29 is 0 Å². The Morgan fingerprint density at radius 2 is 2.19 bits per heavy atom. The topological polar surface area (TPSA) is 38.0 Å². The second-order valence-electron chi connectivity index (χ2n) is 5.00. The van der Waals surface area contributed by atoms with Gasteiger partial charge in [0.1, 0.15) is 0 Å².